The van der Waals surface area contributed by atoms with Gasteiger partial charge in [0.25, 0.3) is 0 Å². The van der Waals surface area contributed by atoms with E-state index in [0.717, 1.165) is 33.5 Å². The molecule has 0 saturated carbocycles. The number of aryl methyl sites for hydroxylation is 1. The average Bonchev–Trinajstić information content (AvgIpc) is 3.12. The van der Waals surface area contributed by atoms with E-state index >= 15 is 0 Å². The summed E-state index contributed by atoms with van der Waals surface area (Å²) < 4.78 is 8.50. The molecule has 0 saturated heterocycles. The highest BCUT2D eigenvalue weighted by molar-refractivity contribution is 9.10. The quantitative estimate of drug-likeness (QED) is 0.184. The second-order valence-corrected chi connectivity index (χ2v) is 10.3. The summed E-state index contributed by atoms with van der Waals surface area (Å²) >= 11 is 3.50. The number of aromatic nitrogens is 1. The average molecular weight is 519 g/mol. The molecule has 1 aliphatic carbocycles. The van der Waals surface area contributed by atoms with Crippen LogP contribution in [0, 0.1) is 12.3 Å². The maximum Gasteiger partial charge on any atom is 0.373 e. The summed E-state index contributed by atoms with van der Waals surface area (Å²) in [5.41, 5.74) is 4.30. The van der Waals surface area contributed by atoms with E-state index in [4.69, 9.17) is 9.25 Å². The first-order valence-electron chi connectivity index (χ1n) is 11.0. The fourth-order valence-corrected chi connectivity index (χ4v) is 4.82. The summed E-state index contributed by atoms with van der Waals surface area (Å²) in [6.07, 6.45) is 1.50. The SMILES string of the molecule is Cc1cc2c(n1-c1ccc(Br)cc1)CC(C)(C)C/C2=N\OC(=O)c1cc2ccccc2oc1=O. The van der Waals surface area contributed by atoms with Crippen molar-refractivity contribution in [2.45, 2.75) is 33.6 Å². The molecule has 0 unspecified atom stereocenters. The molecule has 2 heterocycles. The van der Waals surface area contributed by atoms with E-state index in [9.17, 15) is 9.59 Å². The van der Waals surface area contributed by atoms with Gasteiger partial charge in [0.05, 0.1) is 5.71 Å². The van der Waals surface area contributed by atoms with Gasteiger partial charge in [-0.05, 0) is 67.6 Å². The van der Waals surface area contributed by atoms with Crippen LogP contribution in [0.2, 0.25) is 0 Å². The number of carbonyl (C=O) groups excluding carboxylic acids is 1. The molecule has 0 radical (unpaired) electrons. The Morgan fingerprint density at radius 3 is 2.59 bits per heavy atom. The number of hydrogen-bond donors (Lipinski definition) is 0. The lowest BCUT2D eigenvalue weighted by Gasteiger charge is -2.31. The van der Waals surface area contributed by atoms with Gasteiger partial charge in [0.2, 0.25) is 0 Å². The lowest BCUT2D eigenvalue weighted by atomic mass is 9.76. The van der Waals surface area contributed by atoms with Crippen LogP contribution in [-0.4, -0.2) is 16.2 Å². The third-order valence-electron chi connectivity index (χ3n) is 6.07. The molecule has 0 N–H and O–H groups in total. The molecule has 7 heteroatoms. The van der Waals surface area contributed by atoms with E-state index < -0.39 is 11.6 Å². The van der Waals surface area contributed by atoms with E-state index in [0.29, 0.717) is 23.1 Å². The summed E-state index contributed by atoms with van der Waals surface area (Å²) in [5.74, 6) is -0.832. The molecule has 2 aromatic heterocycles. The normalized spacial score (nSPS) is 15.9. The molecule has 0 aliphatic heterocycles. The minimum atomic E-state index is -0.832. The Morgan fingerprint density at radius 1 is 1.09 bits per heavy atom. The number of para-hydroxylation sites is 1. The second kappa shape index (κ2) is 8.40. The van der Waals surface area contributed by atoms with Crippen LogP contribution < -0.4 is 5.63 Å². The monoisotopic (exact) mass is 518 g/mol. The molecule has 0 spiro atoms. The van der Waals surface area contributed by atoms with Crippen LogP contribution >= 0.6 is 15.9 Å². The topological polar surface area (TPSA) is 73.8 Å². The fourth-order valence-electron chi connectivity index (χ4n) is 4.56. The molecule has 34 heavy (non-hydrogen) atoms. The van der Waals surface area contributed by atoms with Gasteiger partial charge in [-0.1, -0.05) is 53.1 Å². The predicted octanol–water partition coefficient (Wildman–Crippen LogP) is 6.19. The molecule has 172 valence electrons. The molecule has 0 bridgehead atoms. The standard InChI is InChI=1S/C27H23BrN2O4/c1-16-12-20-22(14-27(2,3)15-23(20)30(16)19-10-8-18(28)9-11-19)29-34-26(32)21-13-17-6-4-5-7-24(17)33-25(21)31/h4-13H,14-15H2,1-3H3/b29-22+. The minimum absolute atomic E-state index is 0.0852. The number of carbonyl (C=O) groups is 1. The Balaban J connectivity index is 1.52. The van der Waals surface area contributed by atoms with E-state index in [2.05, 4.69) is 64.6 Å². The molecule has 5 rings (SSSR count). The van der Waals surface area contributed by atoms with Crippen molar-refractivity contribution in [1.82, 2.24) is 4.57 Å². The van der Waals surface area contributed by atoms with Crippen LogP contribution in [0.3, 0.4) is 0 Å². The van der Waals surface area contributed by atoms with E-state index in [1.165, 1.54) is 6.07 Å². The van der Waals surface area contributed by atoms with Gasteiger partial charge in [-0.2, -0.15) is 0 Å². The zero-order valence-electron chi connectivity index (χ0n) is 19.1. The summed E-state index contributed by atoms with van der Waals surface area (Å²) in [6.45, 7) is 6.39. The number of fused-ring (bicyclic) bond motifs is 2. The first-order chi connectivity index (χ1) is 16.2. The summed E-state index contributed by atoms with van der Waals surface area (Å²) in [5, 5.41) is 4.89. The molecule has 1 aliphatic rings. The third kappa shape index (κ3) is 4.12. The molecule has 4 aromatic rings. The number of oxime groups is 1. The van der Waals surface area contributed by atoms with Crippen molar-refractivity contribution in [3.63, 3.8) is 0 Å². The zero-order valence-corrected chi connectivity index (χ0v) is 20.7. The van der Waals surface area contributed by atoms with Gasteiger partial charge in [0, 0.05) is 32.5 Å². The number of halogens is 1. The number of benzene rings is 2. The number of rotatable bonds is 3. The van der Waals surface area contributed by atoms with Gasteiger partial charge in [-0.3, -0.25) is 0 Å². The lowest BCUT2D eigenvalue weighted by molar-refractivity contribution is 0.0509. The van der Waals surface area contributed by atoms with Crippen LogP contribution in [0.25, 0.3) is 16.7 Å². The fraction of sp³-hybridized carbons (Fsp3) is 0.222. The molecular formula is C27H23BrN2O4. The molecule has 0 fully saturated rings. The lowest BCUT2D eigenvalue weighted by Crippen LogP contribution is -2.29. The Labute approximate surface area is 205 Å². The highest BCUT2D eigenvalue weighted by Crippen LogP contribution is 2.38. The van der Waals surface area contributed by atoms with Crippen molar-refractivity contribution in [2.24, 2.45) is 10.6 Å². The Morgan fingerprint density at radius 2 is 1.82 bits per heavy atom. The molecular weight excluding hydrogens is 496 g/mol. The highest BCUT2D eigenvalue weighted by Gasteiger charge is 2.34. The van der Waals surface area contributed by atoms with Crippen LogP contribution in [-0.2, 0) is 11.3 Å². The summed E-state index contributed by atoms with van der Waals surface area (Å²) in [6, 6.07) is 18.7. The Bertz CT molecular complexity index is 1510. The molecule has 2 aromatic carbocycles. The van der Waals surface area contributed by atoms with Gasteiger partial charge in [0.15, 0.2) is 0 Å². The van der Waals surface area contributed by atoms with Gasteiger partial charge in [-0.25, -0.2) is 9.59 Å². The van der Waals surface area contributed by atoms with Gasteiger partial charge >= 0.3 is 11.6 Å². The molecule has 0 atom stereocenters. The number of hydrogen-bond acceptors (Lipinski definition) is 5. The van der Waals surface area contributed by atoms with Gasteiger partial charge < -0.3 is 13.8 Å². The minimum Gasteiger partial charge on any atom is -0.422 e. The van der Waals surface area contributed by atoms with Crippen molar-refractivity contribution in [1.29, 1.82) is 0 Å². The van der Waals surface area contributed by atoms with Crippen molar-refractivity contribution in [2.75, 3.05) is 0 Å². The third-order valence-corrected chi connectivity index (χ3v) is 6.60. The summed E-state index contributed by atoms with van der Waals surface area (Å²) in [7, 11) is 0. The van der Waals surface area contributed by atoms with Crippen molar-refractivity contribution in [3.05, 3.63) is 98.1 Å². The smallest absolute Gasteiger partial charge is 0.373 e. The Hall–Kier alpha value is -3.45. The Kier molecular flexibility index (Phi) is 5.52. The number of nitrogens with zero attached hydrogens (tertiary/aromatic N) is 2. The predicted molar refractivity (Wildman–Crippen MR) is 135 cm³/mol. The van der Waals surface area contributed by atoms with E-state index in [-0.39, 0.29) is 11.0 Å². The summed E-state index contributed by atoms with van der Waals surface area (Å²) in [4.78, 5) is 30.4. The van der Waals surface area contributed by atoms with E-state index in [1.54, 1.807) is 18.2 Å². The highest BCUT2D eigenvalue weighted by atomic mass is 79.9. The van der Waals surface area contributed by atoms with Crippen LogP contribution in [0.15, 0.2) is 79.5 Å². The first kappa shape index (κ1) is 22.3. The van der Waals surface area contributed by atoms with Crippen LogP contribution in [0.4, 0.5) is 0 Å². The molecule has 0 amide bonds. The largest absolute Gasteiger partial charge is 0.422 e. The van der Waals surface area contributed by atoms with Crippen LogP contribution in [0.5, 0.6) is 0 Å². The maximum atomic E-state index is 12.8. The van der Waals surface area contributed by atoms with Crippen LogP contribution in [0.1, 0.15) is 47.6 Å². The zero-order chi connectivity index (χ0) is 24.0. The van der Waals surface area contributed by atoms with Gasteiger partial charge in [-0.15, -0.1) is 0 Å². The van der Waals surface area contributed by atoms with Crippen molar-refractivity contribution in [3.8, 4) is 5.69 Å². The maximum absolute atomic E-state index is 12.8. The first-order valence-corrected chi connectivity index (χ1v) is 11.8. The van der Waals surface area contributed by atoms with E-state index in [1.807, 2.05) is 18.2 Å². The van der Waals surface area contributed by atoms with Crippen molar-refractivity contribution < 1.29 is 14.0 Å². The van der Waals surface area contributed by atoms with Crippen molar-refractivity contribution >= 4 is 38.6 Å². The second-order valence-electron chi connectivity index (χ2n) is 9.38. The van der Waals surface area contributed by atoms with Gasteiger partial charge in [0.1, 0.15) is 11.1 Å². The molecule has 6 nitrogen and oxygen atoms in total.